The van der Waals surface area contributed by atoms with Gasteiger partial charge in [-0.2, -0.15) is 8.42 Å². The van der Waals surface area contributed by atoms with E-state index in [-0.39, 0.29) is 28.1 Å². The van der Waals surface area contributed by atoms with Crippen LogP contribution in [0.3, 0.4) is 0 Å². The number of nitrogens with one attached hydrogen (secondary N) is 1. The van der Waals surface area contributed by atoms with E-state index in [2.05, 4.69) is 5.32 Å². The van der Waals surface area contributed by atoms with Gasteiger partial charge in [0.05, 0.1) is 20.3 Å². The molecule has 1 amide bonds. The van der Waals surface area contributed by atoms with Gasteiger partial charge in [-0.05, 0) is 66.8 Å². The molecule has 0 heterocycles. The Labute approximate surface area is 214 Å². The number of aryl methyl sites for hydroxylation is 2. The summed E-state index contributed by atoms with van der Waals surface area (Å²) in [7, 11) is -1.43. The third kappa shape index (κ3) is 5.10. The Balaban J connectivity index is 1.95. The lowest BCUT2D eigenvalue weighted by Crippen LogP contribution is -2.26. The number of ether oxygens (including phenoxy) is 2. The Morgan fingerprint density at radius 1 is 1.03 bits per heavy atom. The number of rotatable bonds is 6. The fourth-order valence-electron chi connectivity index (χ4n) is 4.48. The first-order valence-electron chi connectivity index (χ1n) is 11.5. The Kier molecular flexibility index (Phi) is 7.13. The Morgan fingerprint density at radius 2 is 1.70 bits per heavy atom. The monoisotopic (exact) mass is 525 g/mol. The van der Waals surface area contributed by atoms with E-state index >= 15 is 0 Å². The fourth-order valence-corrected chi connectivity index (χ4v) is 5.41. The second kappa shape index (κ2) is 10.1. The molecule has 2 N–H and O–H groups in total. The molecule has 0 fully saturated rings. The van der Waals surface area contributed by atoms with Crippen LogP contribution in [0.5, 0.6) is 23.0 Å². The first-order chi connectivity index (χ1) is 17.6. The van der Waals surface area contributed by atoms with E-state index in [9.17, 15) is 23.1 Å². The van der Waals surface area contributed by atoms with Gasteiger partial charge in [0.25, 0.3) is 0 Å². The molecule has 0 unspecified atom stereocenters. The van der Waals surface area contributed by atoms with Crippen molar-refractivity contribution < 1.29 is 32.0 Å². The van der Waals surface area contributed by atoms with Gasteiger partial charge in [-0.1, -0.05) is 23.8 Å². The van der Waals surface area contributed by atoms with Crippen LogP contribution in [-0.2, 0) is 21.3 Å². The number of amides is 1. The highest BCUT2D eigenvalue weighted by atomic mass is 32.2. The average molecular weight is 526 g/mol. The van der Waals surface area contributed by atoms with E-state index in [1.165, 1.54) is 45.4 Å². The number of hydrogen-bond acceptors (Lipinski definition) is 8. The number of benzene rings is 2. The van der Waals surface area contributed by atoms with Crippen LogP contribution in [-0.4, -0.2) is 33.7 Å². The molecule has 0 radical (unpaired) electrons. The second-order valence-corrected chi connectivity index (χ2v) is 10.3. The molecule has 9 nitrogen and oxygen atoms in total. The van der Waals surface area contributed by atoms with E-state index in [4.69, 9.17) is 13.7 Å². The molecule has 1 aliphatic rings. The molecule has 0 aliphatic heterocycles. The predicted molar refractivity (Wildman–Crippen MR) is 137 cm³/mol. The number of aromatic hydroxyl groups is 1. The minimum atomic E-state index is -4.20. The van der Waals surface area contributed by atoms with E-state index < -0.39 is 27.3 Å². The van der Waals surface area contributed by atoms with Gasteiger partial charge in [-0.3, -0.25) is 9.59 Å². The van der Waals surface area contributed by atoms with Crippen molar-refractivity contribution in [1.82, 2.24) is 5.32 Å². The Hall–Kier alpha value is -4.05. The number of carbonyl (C=O) groups is 1. The molecule has 194 valence electrons. The molecule has 1 aliphatic carbocycles. The summed E-state index contributed by atoms with van der Waals surface area (Å²) >= 11 is 0. The highest BCUT2D eigenvalue weighted by molar-refractivity contribution is 7.87. The summed E-state index contributed by atoms with van der Waals surface area (Å²) in [6.45, 7) is 3.22. The van der Waals surface area contributed by atoms with Gasteiger partial charge < -0.3 is 24.1 Å². The zero-order chi connectivity index (χ0) is 26.9. The number of fused-ring (bicyclic) bond motifs is 3. The first-order valence-corrected chi connectivity index (χ1v) is 12.9. The number of methoxy groups -OCH3 is 2. The van der Waals surface area contributed by atoms with Crippen LogP contribution in [0.2, 0.25) is 0 Å². The minimum absolute atomic E-state index is 0.0180. The molecule has 3 aromatic rings. The average Bonchev–Trinajstić information content (AvgIpc) is 3.07. The quantitative estimate of drug-likeness (QED) is 0.467. The van der Waals surface area contributed by atoms with Crippen molar-refractivity contribution in [2.24, 2.45) is 0 Å². The Morgan fingerprint density at radius 3 is 2.32 bits per heavy atom. The summed E-state index contributed by atoms with van der Waals surface area (Å²) < 4.78 is 43.0. The van der Waals surface area contributed by atoms with E-state index in [0.29, 0.717) is 35.1 Å². The topological polar surface area (TPSA) is 128 Å². The van der Waals surface area contributed by atoms with Crippen molar-refractivity contribution in [3.05, 3.63) is 75.4 Å². The zero-order valence-corrected chi connectivity index (χ0v) is 21.6. The van der Waals surface area contributed by atoms with Crippen molar-refractivity contribution in [2.45, 2.75) is 37.6 Å². The predicted octanol–water partition coefficient (Wildman–Crippen LogP) is 3.64. The van der Waals surface area contributed by atoms with E-state index in [0.717, 1.165) is 5.56 Å². The lowest BCUT2D eigenvalue weighted by molar-refractivity contribution is -0.119. The van der Waals surface area contributed by atoms with Gasteiger partial charge >= 0.3 is 10.1 Å². The standard InChI is InChI=1S/C27H27NO8S/c1-15-5-8-18(9-6-15)37(32,33)36-24-13-17-7-11-21(28-16(2)29)20-14-23(31)22(30)12-10-19(20)25(17)27(35-4)26(24)34-3/h5-6,8-10,12-14,21H,7,11H2,1-4H3,(H,28,29)(H,30,31)/t21-/m0/s1. The van der Waals surface area contributed by atoms with Gasteiger partial charge in [-0.25, -0.2) is 0 Å². The highest BCUT2D eigenvalue weighted by Crippen LogP contribution is 2.50. The molecule has 0 saturated carbocycles. The summed E-state index contributed by atoms with van der Waals surface area (Å²) in [5, 5.41) is 13.0. The summed E-state index contributed by atoms with van der Waals surface area (Å²) in [5.41, 5.74) is 2.50. The molecular weight excluding hydrogens is 498 g/mol. The van der Waals surface area contributed by atoms with Crippen LogP contribution < -0.4 is 24.4 Å². The SMILES string of the molecule is COc1c(OS(=O)(=O)c2ccc(C)cc2)cc2c(c1OC)-c1ccc(O)c(=O)cc1[C@@H](NC(C)=O)CC2. The maximum Gasteiger partial charge on any atom is 0.339 e. The van der Waals surface area contributed by atoms with Gasteiger partial charge in [0.2, 0.25) is 17.1 Å². The van der Waals surface area contributed by atoms with Gasteiger partial charge in [0, 0.05) is 12.5 Å². The molecule has 0 bridgehead atoms. The van der Waals surface area contributed by atoms with Crippen LogP contribution in [0.4, 0.5) is 0 Å². The van der Waals surface area contributed by atoms with Gasteiger partial charge in [0.1, 0.15) is 4.90 Å². The molecular formula is C27H27NO8S. The molecule has 4 rings (SSSR count). The fraction of sp³-hybridized carbons (Fsp3) is 0.259. The van der Waals surface area contributed by atoms with Crippen LogP contribution in [0.1, 0.15) is 36.1 Å². The molecule has 1 atom stereocenters. The largest absolute Gasteiger partial charge is 0.504 e. The van der Waals surface area contributed by atoms with Crippen molar-refractivity contribution >= 4 is 16.0 Å². The van der Waals surface area contributed by atoms with Crippen molar-refractivity contribution in [2.75, 3.05) is 14.2 Å². The van der Waals surface area contributed by atoms with Crippen LogP contribution >= 0.6 is 0 Å². The summed E-state index contributed by atoms with van der Waals surface area (Å²) in [6.07, 6.45) is 0.781. The first kappa shape index (κ1) is 26.0. The lowest BCUT2D eigenvalue weighted by Gasteiger charge is -2.20. The zero-order valence-electron chi connectivity index (χ0n) is 20.8. The molecule has 37 heavy (non-hydrogen) atoms. The van der Waals surface area contributed by atoms with Gasteiger partial charge in [0.15, 0.2) is 17.2 Å². The summed E-state index contributed by atoms with van der Waals surface area (Å²) in [4.78, 5) is 24.4. The molecule has 0 aromatic heterocycles. The lowest BCUT2D eigenvalue weighted by atomic mass is 9.95. The van der Waals surface area contributed by atoms with Crippen LogP contribution in [0.15, 0.2) is 58.2 Å². The minimum Gasteiger partial charge on any atom is -0.504 e. The van der Waals surface area contributed by atoms with Crippen LogP contribution in [0, 0.1) is 6.92 Å². The number of carbonyl (C=O) groups excluding carboxylic acids is 1. The molecule has 10 heteroatoms. The molecule has 0 saturated heterocycles. The molecule has 3 aromatic carbocycles. The third-order valence-electron chi connectivity index (χ3n) is 6.18. The summed E-state index contributed by atoms with van der Waals surface area (Å²) in [5.74, 6) is -0.573. The third-order valence-corrected chi connectivity index (χ3v) is 7.43. The maximum absolute atomic E-state index is 13.1. The maximum atomic E-state index is 13.1. The normalized spacial score (nSPS) is 14.5. The second-order valence-electron chi connectivity index (χ2n) is 8.71. The highest BCUT2D eigenvalue weighted by Gasteiger charge is 2.31. The van der Waals surface area contributed by atoms with Crippen LogP contribution in [0.25, 0.3) is 11.1 Å². The summed E-state index contributed by atoms with van der Waals surface area (Å²) in [6, 6.07) is 11.4. The van der Waals surface area contributed by atoms with Crippen molar-refractivity contribution in [1.29, 1.82) is 0 Å². The smallest absolute Gasteiger partial charge is 0.339 e. The van der Waals surface area contributed by atoms with Crippen molar-refractivity contribution in [3.8, 4) is 34.1 Å². The van der Waals surface area contributed by atoms with Crippen molar-refractivity contribution in [3.63, 3.8) is 0 Å². The number of hydrogen-bond donors (Lipinski definition) is 2. The van der Waals surface area contributed by atoms with Gasteiger partial charge in [-0.15, -0.1) is 0 Å². The van der Waals surface area contributed by atoms with E-state index in [1.807, 2.05) is 6.92 Å². The Bertz CT molecular complexity index is 1530. The van der Waals surface area contributed by atoms with E-state index in [1.54, 1.807) is 24.3 Å². The molecule has 0 spiro atoms.